The standard InChI is InChI=1S/C10H16O2/c1-3-8-9(7(2)11)5-4-6-10(8)12/h3,8-10,12H,1,4-6H2,2H3/t8-,9+,10-/m0/s1. The monoisotopic (exact) mass is 168 g/mol. The van der Waals surface area contributed by atoms with E-state index in [9.17, 15) is 9.90 Å². The van der Waals surface area contributed by atoms with Gasteiger partial charge in [-0.1, -0.05) is 12.5 Å². The maximum Gasteiger partial charge on any atom is 0.133 e. The largest absolute Gasteiger partial charge is 0.392 e. The molecule has 3 atom stereocenters. The first kappa shape index (κ1) is 9.46. The first-order valence-electron chi connectivity index (χ1n) is 4.48. The summed E-state index contributed by atoms with van der Waals surface area (Å²) in [5.74, 6) is 0.168. The lowest BCUT2D eigenvalue weighted by molar-refractivity contribution is -0.124. The molecule has 0 spiro atoms. The number of rotatable bonds is 2. The van der Waals surface area contributed by atoms with Crippen molar-refractivity contribution in [3.63, 3.8) is 0 Å². The van der Waals surface area contributed by atoms with E-state index in [1.807, 2.05) is 0 Å². The van der Waals surface area contributed by atoms with Crippen LogP contribution in [0.3, 0.4) is 0 Å². The number of carbonyl (C=O) groups is 1. The lowest BCUT2D eigenvalue weighted by Gasteiger charge is -2.31. The quantitative estimate of drug-likeness (QED) is 0.635. The molecule has 0 unspecified atom stereocenters. The Balaban J connectivity index is 2.70. The summed E-state index contributed by atoms with van der Waals surface area (Å²) in [6.07, 6.45) is 4.03. The molecule has 1 rings (SSSR count). The fourth-order valence-electron chi connectivity index (χ4n) is 2.00. The van der Waals surface area contributed by atoms with Crippen molar-refractivity contribution >= 4 is 5.78 Å². The van der Waals surface area contributed by atoms with Crippen molar-refractivity contribution in [2.45, 2.75) is 32.3 Å². The molecule has 1 N–H and O–H groups in total. The molecule has 68 valence electrons. The summed E-state index contributed by atoms with van der Waals surface area (Å²) in [5, 5.41) is 9.56. The Kier molecular flexibility index (Phi) is 3.04. The van der Waals surface area contributed by atoms with Gasteiger partial charge in [0.15, 0.2) is 0 Å². The zero-order valence-corrected chi connectivity index (χ0v) is 7.49. The van der Waals surface area contributed by atoms with E-state index in [0.717, 1.165) is 19.3 Å². The zero-order chi connectivity index (χ0) is 9.14. The molecule has 2 nitrogen and oxygen atoms in total. The normalized spacial score (nSPS) is 36.0. The van der Waals surface area contributed by atoms with Crippen LogP contribution in [-0.4, -0.2) is 17.0 Å². The minimum absolute atomic E-state index is 0.00579. The highest BCUT2D eigenvalue weighted by molar-refractivity contribution is 5.79. The molecule has 1 aliphatic rings. The van der Waals surface area contributed by atoms with E-state index < -0.39 is 0 Å². The van der Waals surface area contributed by atoms with Crippen LogP contribution in [0.1, 0.15) is 26.2 Å². The summed E-state index contributed by atoms with van der Waals surface area (Å²) in [7, 11) is 0. The third-order valence-corrected chi connectivity index (χ3v) is 2.72. The van der Waals surface area contributed by atoms with Gasteiger partial charge >= 0.3 is 0 Å². The molecule has 0 aromatic carbocycles. The third kappa shape index (κ3) is 1.75. The second-order valence-electron chi connectivity index (χ2n) is 3.53. The van der Waals surface area contributed by atoms with Crippen molar-refractivity contribution in [2.75, 3.05) is 0 Å². The smallest absolute Gasteiger partial charge is 0.133 e. The van der Waals surface area contributed by atoms with Gasteiger partial charge in [0.2, 0.25) is 0 Å². The second-order valence-corrected chi connectivity index (χ2v) is 3.53. The maximum atomic E-state index is 11.2. The van der Waals surface area contributed by atoms with Crippen LogP contribution >= 0.6 is 0 Å². The van der Waals surface area contributed by atoms with Gasteiger partial charge in [-0.2, -0.15) is 0 Å². The SMILES string of the molecule is C=C[C@H]1[C@@H](C(C)=O)CCC[C@@H]1O. The van der Waals surface area contributed by atoms with Crippen LogP contribution in [0.5, 0.6) is 0 Å². The average molecular weight is 168 g/mol. The summed E-state index contributed by atoms with van der Waals surface area (Å²) < 4.78 is 0. The second kappa shape index (κ2) is 3.85. The molecular weight excluding hydrogens is 152 g/mol. The number of ketones is 1. The first-order chi connectivity index (χ1) is 5.66. The van der Waals surface area contributed by atoms with Crippen molar-refractivity contribution in [3.8, 4) is 0 Å². The molecule has 0 aromatic rings. The molecule has 0 saturated heterocycles. The van der Waals surface area contributed by atoms with Crippen molar-refractivity contribution in [1.82, 2.24) is 0 Å². The number of Topliss-reactive ketones (excluding diaryl/α,β-unsaturated/α-hetero) is 1. The Bertz CT molecular complexity index is 186. The van der Waals surface area contributed by atoms with Gasteiger partial charge in [0.1, 0.15) is 5.78 Å². The third-order valence-electron chi connectivity index (χ3n) is 2.72. The summed E-state index contributed by atoms with van der Waals surface area (Å²) in [4.78, 5) is 11.2. The van der Waals surface area contributed by atoms with Crippen LogP contribution in [0, 0.1) is 11.8 Å². The number of carbonyl (C=O) groups excluding carboxylic acids is 1. The van der Waals surface area contributed by atoms with Crippen LogP contribution in [0.4, 0.5) is 0 Å². The van der Waals surface area contributed by atoms with Crippen molar-refractivity contribution in [1.29, 1.82) is 0 Å². The fraction of sp³-hybridized carbons (Fsp3) is 0.700. The molecule has 0 aromatic heterocycles. The predicted octanol–water partition coefficient (Wildman–Crippen LogP) is 1.54. The van der Waals surface area contributed by atoms with E-state index in [0.29, 0.717) is 0 Å². The van der Waals surface area contributed by atoms with E-state index in [2.05, 4.69) is 6.58 Å². The van der Waals surface area contributed by atoms with Gasteiger partial charge in [0.25, 0.3) is 0 Å². The number of aliphatic hydroxyl groups is 1. The van der Waals surface area contributed by atoms with E-state index in [1.54, 1.807) is 13.0 Å². The van der Waals surface area contributed by atoms with Crippen LogP contribution in [0.2, 0.25) is 0 Å². The van der Waals surface area contributed by atoms with E-state index in [1.165, 1.54) is 0 Å². The Morgan fingerprint density at radius 2 is 2.25 bits per heavy atom. The number of hydrogen-bond donors (Lipinski definition) is 1. The Morgan fingerprint density at radius 3 is 2.67 bits per heavy atom. The van der Waals surface area contributed by atoms with E-state index in [-0.39, 0.29) is 23.7 Å². The van der Waals surface area contributed by atoms with Crippen LogP contribution in [-0.2, 0) is 4.79 Å². The minimum atomic E-state index is -0.356. The predicted molar refractivity (Wildman–Crippen MR) is 47.7 cm³/mol. The lowest BCUT2D eigenvalue weighted by Crippen LogP contribution is -2.34. The highest BCUT2D eigenvalue weighted by atomic mass is 16.3. The molecule has 1 saturated carbocycles. The highest BCUT2D eigenvalue weighted by Gasteiger charge is 2.32. The average Bonchev–Trinajstić information content (AvgIpc) is 2.03. The van der Waals surface area contributed by atoms with Gasteiger partial charge in [-0.15, -0.1) is 6.58 Å². The molecule has 0 amide bonds. The molecule has 0 heterocycles. The van der Waals surface area contributed by atoms with Crippen molar-refractivity contribution < 1.29 is 9.90 Å². The Labute approximate surface area is 73.3 Å². The zero-order valence-electron chi connectivity index (χ0n) is 7.49. The Hall–Kier alpha value is -0.630. The van der Waals surface area contributed by atoms with Crippen LogP contribution in [0.25, 0.3) is 0 Å². The number of hydrogen-bond acceptors (Lipinski definition) is 2. The summed E-state index contributed by atoms with van der Waals surface area (Å²) >= 11 is 0. The molecule has 1 fully saturated rings. The van der Waals surface area contributed by atoms with Gasteiger partial charge in [0.05, 0.1) is 6.10 Å². The van der Waals surface area contributed by atoms with Gasteiger partial charge in [-0.3, -0.25) is 4.79 Å². The number of aliphatic hydroxyl groups excluding tert-OH is 1. The van der Waals surface area contributed by atoms with Crippen molar-refractivity contribution in [3.05, 3.63) is 12.7 Å². The van der Waals surface area contributed by atoms with E-state index >= 15 is 0 Å². The van der Waals surface area contributed by atoms with Crippen molar-refractivity contribution in [2.24, 2.45) is 11.8 Å². The molecular formula is C10H16O2. The van der Waals surface area contributed by atoms with Gasteiger partial charge in [-0.05, 0) is 19.8 Å². The summed E-state index contributed by atoms with van der Waals surface area (Å²) in [5.41, 5.74) is 0. The van der Waals surface area contributed by atoms with E-state index in [4.69, 9.17) is 0 Å². The van der Waals surface area contributed by atoms with Gasteiger partial charge < -0.3 is 5.11 Å². The fourth-order valence-corrected chi connectivity index (χ4v) is 2.00. The molecule has 2 heteroatoms. The lowest BCUT2D eigenvalue weighted by atomic mass is 9.75. The minimum Gasteiger partial charge on any atom is -0.392 e. The Morgan fingerprint density at radius 1 is 1.58 bits per heavy atom. The topological polar surface area (TPSA) is 37.3 Å². The van der Waals surface area contributed by atoms with Gasteiger partial charge in [0, 0.05) is 11.8 Å². The molecule has 1 aliphatic carbocycles. The summed E-state index contributed by atoms with van der Waals surface area (Å²) in [6, 6.07) is 0. The molecule has 0 radical (unpaired) electrons. The van der Waals surface area contributed by atoms with Crippen LogP contribution < -0.4 is 0 Å². The highest BCUT2D eigenvalue weighted by Crippen LogP contribution is 2.31. The van der Waals surface area contributed by atoms with Gasteiger partial charge in [-0.25, -0.2) is 0 Å². The molecule has 0 bridgehead atoms. The first-order valence-corrected chi connectivity index (χ1v) is 4.48. The molecule has 12 heavy (non-hydrogen) atoms. The molecule has 0 aliphatic heterocycles. The van der Waals surface area contributed by atoms with Crippen LogP contribution in [0.15, 0.2) is 12.7 Å². The summed E-state index contributed by atoms with van der Waals surface area (Å²) in [6.45, 7) is 5.25. The maximum absolute atomic E-state index is 11.2.